The summed E-state index contributed by atoms with van der Waals surface area (Å²) in [5.41, 5.74) is 3.01. The van der Waals surface area contributed by atoms with Crippen LogP contribution in [0.4, 0.5) is 0 Å². The van der Waals surface area contributed by atoms with Crippen LogP contribution in [0.3, 0.4) is 0 Å². The molecule has 3 rings (SSSR count). The smallest absolute Gasteiger partial charge is 0.118 e. The average Bonchev–Trinajstić information content (AvgIpc) is 2.75. The molecule has 0 radical (unpaired) electrons. The van der Waals surface area contributed by atoms with Crippen LogP contribution < -0.4 is 4.74 Å². The maximum absolute atomic E-state index is 9.51. The zero-order chi connectivity index (χ0) is 14.1. The number of aromatic nitrogens is 2. The van der Waals surface area contributed by atoms with Crippen LogP contribution in [0.25, 0.3) is 11.0 Å². The SMILES string of the molecule is COc1ccc(Cc2nc3cc(O)ccc3n2C)cc1. The Morgan fingerprint density at radius 2 is 1.90 bits per heavy atom. The van der Waals surface area contributed by atoms with Crippen LogP contribution in [-0.4, -0.2) is 21.8 Å². The summed E-state index contributed by atoms with van der Waals surface area (Å²) >= 11 is 0. The second-order valence-electron chi connectivity index (χ2n) is 4.78. The van der Waals surface area contributed by atoms with E-state index in [0.29, 0.717) is 0 Å². The number of phenolic OH excluding ortho intramolecular Hbond substituents is 1. The highest BCUT2D eigenvalue weighted by atomic mass is 16.5. The van der Waals surface area contributed by atoms with E-state index in [1.807, 2.05) is 37.4 Å². The molecule has 3 aromatic rings. The van der Waals surface area contributed by atoms with Crippen molar-refractivity contribution in [3.8, 4) is 11.5 Å². The number of fused-ring (bicyclic) bond motifs is 1. The van der Waals surface area contributed by atoms with Gasteiger partial charge in [0.15, 0.2) is 0 Å². The maximum Gasteiger partial charge on any atom is 0.118 e. The lowest BCUT2D eigenvalue weighted by molar-refractivity contribution is 0.414. The first kappa shape index (κ1) is 12.5. The van der Waals surface area contributed by atoms with Gasteiger partial charge in [0.05, 0.1) is 18.1 Å². The van der Waals surface area contributed by atoms with Crippen LogP contribution in [0.15, 0.2) is 42.5 Å². The van der Waals surface area contributed by atoms with Crippen molar-refractivity contribution in [2.45, 2.75) is 6.42 Å². The lowest BCUT2D eigenvalue weighted by Gasteiger charge is -2.04. The molecule has 102 valence electrons. The molecule has 0 amide bonds. The van der Waals surface area contributed by atoms with E-state index in [1.54, 1.807) is 19.2 Å². The van der Waals surface area contributed by atoms with Crippen LogP contribution in [0, 0.1) is 0 Å². The fourth-order valence-corrected chi connectivity index (χ4v) is 2.32. The van der Waals surface area contributed by atoms with Gasteiger partial charge in [-0.3, -0.25) is 0 Å². The molecule has 4 heteroatoms. The van der Waals surface area contributed by atoms with Gasteiger partial charge >= 0.3 is 0 Å². The highest BCUT2D eigenvalue weighted by Crippen LogP contribution is 2.22. The van der Waals surface area contributed by atoms with Gasteiger partial charge in [-0.2, -0.15) is 0 Å². The van der Waals surface area contributed by atoms with Gasteiger partial charge in [-0.05, 0) is 29.8 Å². The van der Waals surface area contributed by atoms with Crippen molar-refractivity contribution in [1.82, 2.24) is 9.55 Å². The van der Waals surface area contributed by atoms with Crippen molar-refractivity contribution < 1.29 is 9.84 Å². The zero-order valence-electron chi connectivity index (χ0n) is 11.5. The molecule has 0 aliphatic heterocycles. The van der Waals surface area contributed by atoms with E-state index < -0.39 is 0 Å². The van der Waals surface area contributed by atoms with Gasteiger partial charge in [0.1, 0.15) is 17.3 Å². The second kappa shape index (κ2) is 4.89. The minimum absolute atomic E-state index is 0.242. The quantitative estimate of drug-likeness (QED) is 0.794. The van der Waals surface area contributed by atoms with Gasteiger partial charge < -0.3 is 14.4 Å². The molecule has 2 aromatic carbocycles. The first-order valence-corrected chi connectivity index (χ1v) is 6.44. The predicted octanol–water partition coefficient (Wildman–Crippen LogP) is 2.88. The number of rotatable bonds is 3. The molecule has 0 atom stereocenters. The third-order valence-corrected chi connectivity index (χ3v) is 3.48. The van der Waals surface area contributed by atoms with Gasteiger partial charge in [0.2, 0.25) is 0 Å². The van der Waals surface area contributed by atoms with E-state index in [4.69, 9.17) is 4.74 Å². The minimum Gasteiger partial charge on any atom is -0.508 e. The van der Waals surface area contributed by atoms with Crippen LogP contribution in [-0.2, 0) is 13.5 Å². The molecule has 0 saturated carbocycles. The molecule has 0 bridgehead atoms. The number of nitrogens with zero attached hydrogens (tertiary/aromatic N) is 2. The Morgan fingerprint density at radius 1 is 1.15 bits per heavy atom. The Balaban J connectivity index is 1.95. The van der Waals surface area contributed by atoms with Gasteiger partial charge in [-0.15, -0.1) is 0 Å². The number of imidazole rings is 1. The number of aromatic hydroxyl groups is 1. The zero-order valence-corrected chi connectivity index (χ0v) is 11.5. The summed E-state index contributed by atoms with van der Waals surface area (Å²) in [4.78, 5) is 4.58. The Labute approximate surface area is 117 Å². The Morgan fingerprint density at radius 3 is 2.60 bits per heavy atom. The van der Waals surface area contributed by atoms with E-state index in [9.17, 15) is 5.11 Å². The molecule has 1 N–H and O–H groups in total. The van der Waals surface area contributed by atoms with Crippen LogP contribution in [0.1, 0.15) is 11.4 Å². The number of methoxy groups -OCH3 is 1. The summed E-state index contributed by atoms with van der Waals surface area (Å²) in [6.45, 7) is 0. The minimum atomic E-state index is 0.242. The molecular weight excluding hydrogens is 252 g/mol. The number of aryl methyl sites for hydroxylation is 1. The summed E-state index contributed by atoms with van der Waals surface area (Å²) < 4.78 is 7.21. The Hall–Kier alpha value is -2.49. The number of hydrogen-bond donors (Lipinski definition) is 1. The van der Waals surface area contributed by atoms with Crippen molar-refractivity contribution >= 4 is 11.0 Å². The molecule has 0 saturated heterocycles. The first-order valence-electron chi connectivity index (χ1n) is 6.44. The normalized spacial score (nSPS) is 10.9. The third-order valence-electron chi connectivity index (χ3n) is 3.48. The highest BCUT2D eigenvalue weighted by molar-refractivity contribution is 5.77. The lowest BCUT2D eigenvalue weighted by atomic mass is 10.1. The fraction of sp³-hybridized carbons (Fsp3) is 0.188. The monoisotopic (exact) mass is 268 g/mol. The van der Waals surface area contributed by atoms with Crippen molar-refractivity contribution in [3.05, 3.63) is 53.9 Å². The van der Waals surface area contributed by atoms with E-state index in [-0.39, 0.29) is 5.75 Å². The molecule has 0 aliphatic rings. The Kier molecular flexibility index (Phi) is 3.06. The van der Waals surface area contributed by atoms with E-state index in [2.05, 4.69) is 9.55 Å². The van der Waals surface area contributed by atoms with Gasteiger partial charge in [0, 0.05) is 19.5 Å². The first-order chi connectivity index (χ1) is 9.67. The number of ether oxygens (including phenoxy) is 1. The van der Waals surface area contributed by atoms with Crippen LogP contribution in [0.2, 0.25) is 0 Å². The molecule has 1 heterocycles. The fourth-order valence-electron chi connectivity index (χ4n) is 2.32. The molecule has 0 unspecified atom stereocenters. The number of phenols is 1. The lowest BCUT2D eigenvalue weighted by Crippen LogP contribution is -1.99. The van der Waals surface area contributed by atoms with Crippen molar-refractivity contribution in [3.63, 3.8) is 0 Å². The average molecular weight is 268 g/mol. The van der Waals surface area contributed by atoms with Gasteiger partial charge in [0.25, 0.3) is 0 Å². The van der Waals surface area contributed by atoms with Crippen LogP contribution >= 0.6 is 0 Å². The second-order valence-corrected chi connectivity index (χ2v) is 4.78. The summed E-state index contributed by atoms with van der Waals surface area (Å²) in [5.74, 6) is 2.06. The molecular formula is C16H16N2O2. The van der Waals surface area contributed by atoms with Gasteiger partial charge in [-0.1, -0.05) is 12.1 Å². The van der Waals surface area contributed by atoms with E-state index in [0.717, 1.165) is 29.0 Å². The molecule has 0 spiro atoms. The van der Waals surface area contributed by atoms with E-state index >= 15 is 0 Å². The number of benzene rings is 2. The highest BCUT2D eigenvalue weighted by Gasteiger charge is 2.09. The number of hydrogen-bond acceptors (Lipinski definition) is 3. The standard InChI is InChI=1S/C16H16N2O2/c1-18-15-8-5-12(19)10-14(15)17-16(18)9-11-3-6-13(20-2)7-4-11/h3-8,10,19H,9H2,1-2H3. The van der Waals surface area contributed by atoms with Crippen molar-refractivity contribution in [1.29, 1.82) is 0 Å². The third kappa shape index (κ3) is 2.20. The largest absolute Gasteiger partial charge is 0.508 e. The molecule has 20 heavy (non-hydrogen) atoms. The maximum atomic E-state index is 9.51. The predicted molar refractivity (Wildman–Crippen MR) is 78.2 cm³/mol. The molecule has 0 aliphatic carbocycles. The molecule has 4 nitrogen and oxygen atoms in total. The molecule has 1 aromatic heterocycles. The Bertz CT molecular complexity index is 745. The molecule has 0 fully saturated rings. The van der Waals surface area contributed by atoms with Crippen LogP contribution in [0.5, 0.6) is 11.5 Å². The topological polar surface area (TPSA) is 47.3 Å². The summed E-state index contributed by atoms with van der Waals surface area (Å²) in [6.07, 6.45) is 0.746. The van der Waals surface area contributed by atoms with Crippen molar-refractivity contribution in [2.75, 3.05) is 7.11 Å². The summed E-state index contributed by atoms with van der Waals surface area (Å²) in [5, 5.41) is 9.51. The van der Waals surface area contributed by atoms with Crippen molar-refractivity contribution in [2.24, 2.45) is 7.05 Å². The van der Waals surface area contributed by atoms with Gasteiger partial charge in [-0.25, -0.2) is 4.98 Å². The van der Waals surface area contributed by atoms with E-state index in [1.165, 1.54) is 5.56 Å². The summed E-state index contributed by atoms with van der Waals surface area (Å²) in [7, 11) is 3.65. The summed E-state index contributed by atoms with van der Waals surface area (Å²) in [6, 6.07) is 13.2.